The molecule has 0 atom stereocenters. The molecule has 2 aliphatic rings. The van der Waals surface area contributed by atoms with Crippen molar-refractivity contribution in [3.8, 4) is 5.75 Å². The van der Waals surface area contributed by atoms with E-state index in [9.17, 15) is 9.59 Å². The van der Waals surface area contributed by atoms with Crippen LogP contribution in [-0.2, 0) is 17.8 Å². The number of ether oxygens (including phenoxy) is 1. The summed E-state index contributed by atoms with van der Waals surface area (Å²) in [5.41, 5.74) is 2.55. The fourth-order valence-electron chi connectivity index (χ4n) is 5.28. The summed E-state index contributed by atoms with van der Waals surface area (Å²) in [4.78, 5) is 27.6. The molecule has 0 saturated carbocycles. The van der Waals surface area contributed by atoms with Crippen molar-refractivity contribution in [2.45, 2.75) is 57.7 Å². The van der Waals surface area contributed by atoms with Crippen LogP contribution < -0.4 is 20.8 Å². The number of likely N-dealkylation sites (tertiary alicyclic amines) is 1. The van der Waals surface area contributed by atoms with Crippen LogP contribution in [0.15, 0.2) is 56.1 Å². The molecule has 2 aromatic carbocycles. The molecule has 8 heteroatoms. The molecular formula is C29H34BrN3O4. The zero-order chi connectivity index (χ0) is 25.8. The Morgan fingerprint density at radius 1 is 1.14 bits per heavy atom. The highest BCUT2D eigenvalue weighted by atomic mass is 79.9. The Bertz CT molecular complexity index is 1310. The molecule has 0 bridgehead atoms. The van der Waals surface area contributed by atoms with E-state index >= 15 is 0 Å². The summed E-state index contributed by atoms with van der Waals surface area (Å²) in [6, 6.07) is 13.5. The quantitative estimate of drug-likeness (QED) is 0.442. The van der Waals surface area contributed by atoms with Crippen LogP contribution in [0.4, 0.5) is 0 Å². The number of hydrogen-bond acceptors (Lipinski definition) is 6. The minimum atomic E-state index is -0.109. The number of hydrogen-bond donors (Lipinski definition) is 2. The molecule has 3 heterocycles. The van der Waals surface area contributed by atoms with Gasteiger partial charge in [0, 0.05) is 31.7 Å². The minimum Gasteiger partial charge on any atom is -0.489 e. The molecule has 2 N–H and O–H groups in total. The number of nitrogens with zero attached hydrogens (tertiary/aromatic N) is 1. The van der Waals surface area contributed by atoms with Gasteiger partial charge in [0.15, 0.2) is 5.43 Å². The van der Waals surface area contributed by atoms with Crippen molar-refractivity contribution in [2.75, 3.05) is 26.2 Å². The number of rotatable bonds is 7. The highest BCUT2D eigenvalue weighted by molar-refractivity contribution is 9.10. The fraction of sp³-hybridized carbons (Fsp3) is 0.448. The summed E-state index contributed by atoms with van der Waals surface area (Å²) in [6.45, 7) is 6.61. The van der Waals surface area contributed by atoms with Crippen LogP contribution in [0.1, 0.15) is 42.6 Å². The topological polar surface area (TPSA) is 83.8 Å². The molecule has 1 aromatic heterocycles. The summed E-state index contributed by atoms with van der Waals surface area (Å²) >= 11 is 3.69. The molecule has 0 spiro atoms. The van der Waals surface area contributed by atoms with Gasteiger partial charge in [0.05, 0.1) is 16.3 Å². The van der Waals surface area contributed by atoms with Gasteiger partial charge in [-0.2, -0.15) is 0 Å². The number of fused-ring (bicyclic) bond motifs is 1. The second-order valence-electron chi connectivity index (χ2n) is 10.2. The first kappa shape index (κ1) is 25.9. The summed E-state index contributed by atoms with van der Waals surface area (Å²) in [5, 5.41) is 7.08. The molecular weight excluding hydrogens is 534 g/mol. The van der Waals surface area contributed by atoms with E-state index in [0.29, 0.717) is 16.7 Å². The number of carbonyl (C=O) groups is 1. The predicted molar refractivity (Wildman–Crippen MR) is 148 cm³/mol. The van der Waals surface area contributed by atoms with E-state index in [2.05, 4.69) is 49.7 Å². The molecule has 0 aliphatic carbocycles. The number of piperidine rings is 2. The average molecular weight is 569 g/mol. The van der Waals surface area contributed by atoms with Crippen LogP contribution in [0.2, 0.25) is 0 Å². The van der Waals surface area contributed by atoms with Gasteiger partial charge in [0.25, 0.3) is 0 Å². The van der Waals surface area contributed by atoms with E-state index in [1.54, 1.807) is 6.07 Å². The van der Waals surface area contributed by atoms with E-state index in [-0.39, 0.29) is 29.9 Å². The molecule has 7 nitrogen and oxygen atoms in total. The van der Waals surface area contributed by atoms with E-state index in [1.165, 1.54) is 11.6 Å². The molecule has 1 amide bonds. The van der Waals surface area contributed by atoms with E-state index in [0.717, 1.165) is 74.2 Å². The van der Waals surface area contributed by atoms with Gasteiger partial charge in [-0.15, -0.1) is 0 Å². The lowest BCUT2D eigenvalue weighted by Crippen LogP contribution is -2.44. The SMILES string of the molecule is Cc1cccc2oc(CC(=O)NC3CCN(Cc4ccc(OC5CCNCC5)c(Br)c4)CC3)cc(=O)c12. The van der Waals surface area contributed by atoms with Gasteiger partial charge in [-0.1, -0.05) is 18.2 Å². The van der Waals surface area contributed by atoms with Gasteiger partial charge in [0.1, 0.15) is 23.2 Å². The van der Waals surface area contributed by atoms with Crippen LogP contribution in [0.3, 0.4) is 0 Å². The van der Waals surface area contributed by atoms with E-state index < -0.39 is 0 Å². The maximum Gasteiger partial charge on any atom is 0.227 e. The Morgan fingerprint density at radius 2 is 1.92 bits per heavy atom. The lowest BCUT2D eigenvalue weighted by atomic mass is 10.0. The number of halogens is 1. The van der Waals surface area contributed by atoms with Crippen molar-refractivity contribution in [3.63, 3.8) is 0 Å². The first-order valence-corrected chi connectivity index (χ1v) is 13.9. The number of nitrogens with one attached hydrogen (secondary N) is 2. The summed E-state index contributed by atoms with van der Waals surface area (Å²) in [5.74, 6) is 1.20. The van der Waals surface area contributed by atoms with Crippen molar-refractivity contribution in [1.82, 2.24) is 15.5 Å². The predicted octanol–water partition coefficient (Wildman–Crippen LogP) is 4.32. The molecule has 0 radical (unpaired) electrons. The molecule has 3 aromatic rings. The highest BCUT2D eigenvalue weighted by Crippen LogP contribution is 2.29. The summed E-state index contributed by atoms with van der Waals surface area (Å²) in [7, 11) is 0. The van der Waals surface area contributed by atoms with Gasteiger partial charge in [0.2, 0.25) is 5.91 Å². The number of amides is 1. The maximum atomic E-state index is 12.7. The summed E-state index contributed by atoms with van der Waals surface area (Å²) in [6.07, 6.45) is 4.21. The third-order valence-electron chi connectivity index (χ3n) is 7.28. The lowest BCUT2D eigenvalue weighted by molar-refractivity contribution is -0.121. The van der Waals surface area contributed by atoms with Crippen molar-refractivity contribution in [2.24, 2.45) is 0 Å². The smallest absolute Gasteiger partial charge is 0.227 e. The Kier molecular flexibility index (Phi) is 8.27. The lowest BCUT2D eigenvalue weighted by Gasteiger charge is -2.32. The van der Waals surface area contributed by atoms with E-state index in [4.69, 9.17) is 9.15 Å². The van der Waals surface area contributed by atoms with Gasteiger partial charge in [-0.3, -0.25) is 14.5 Å². The Hall–Kier alpha value is -2.68. The Labute approximate surface area is 225 Å². The fourth-order valence-corrected chi connectivity index (χ4v) is 5.80. The average Bonchev–Trinajstić information content (AvgIpc) is 2.87. The first-order valence-electron chi connectivity index (χ1n) is 13.1. The van der Waals surface area contributed by atoms with Crippen LogP contribution in [0.25, 0.3) is 11.0 Å². The number of carbonyl (C=O) groups excluding carboxylic acids is 1. The molecule has 2 saturated heterocycles. The van der Waals surface area contributed by atoms with Crippen molar-refractivity contribution < 1.29 is 13.9 Å². The molecule has 5 rings (SSSR count). The highest BCUT2D eigenvalue weighted by Gasteiger charge is 2.22. The van der Waals surface area contributed by atoms with Gasteiger partial charge >= 0.3 is 0 Å². The molecule has 2 aliphatic heterocycles. The van der Waals surface area contributed by atoms with Crippen molar-refractivity contribution >= 4 is 32.8 Å². The monoisotopic (exact) mass is 567 g/mol. The second-order valence-corrected chi connectivity index (χ2v) is 11.0. The van der Waals surface area contributed by atoms with Gasteiger partial charge in [-0.25, -0.2) is 0 Å². The number of aryl methyl sites for hydroxylation is 1. The van der Waals surface area contributed by atoms with Crippen molar-refractivity contribution in [1.29, 1.82) is 0 Å². The largest absolute Gasteiger partial charge is 0.489 e. The van der Waals surface area contributed by atoms with Gasteiger partial charge < -0.3 is 19.8 Å². The Balaban J connectivity index is 1.09. The molecule has 196 valence electrons. The van der Waals surface area contributed by atoms with Crippen LogP contribution >= 0.6 is 15.9 Å². The van der Waals surface area contributed by atoms with Gasteiger partial charge in [-0.05, 0) is 91.0 Å². The molecule has 37 heavy (non-hydrogen) atoms. The van der Waals surface area contributed by atoms with Crippen LogP contribution in [0.5, 0.6) is 5.75 Å². The standard InChI is InChI=1S/C29H34BrN3O4/c1-19-3-2-4-27-29(19)25(34)16-23(37-27)17-28(35)32-21-9-13-33(14-10-21)18-20-5-6-26(24(30)15-20)36-22-7-11-31-12-8-22/h2-6,15-16,21-22,31H,7-14,17-18H2,1H3,(H,32,35). The van der Waals surface area contributed by atoms with Crippen LogP contribution in [0, 0.1) is 6.92 Å². The first-order chi connectivity index (χ1) is 17.9. The molecule has 2 fully saturated rings. The Morgan fingerprint density at radius 3 is 2.68 bits per heavy atom. The normalized spacial score (nSPS) is 17.7. The zero-order valence-corrected chi connectivity index (χ0v) is 22.8. The third kappa shape index (κ3) is 6.61. The van der Waals surface area contributed by atoms with E-state index in [1.807, 2.05) is 19.1 Å². The maximum absolute atomic E-state index is 12.7. The summed E-state index contributed by atoms with van der Waals surface area (Å²) < 4.78 is 13.0. The number of benzene rings is 2. The third-order valence-corrected chi connectivity index (χ3v) is 7.90. The minimum absolute atomic E-state index is 0.0686. The second kappa shape index (κ2) is 11.8. The van der Waals surface area contributed by atoms with Crippen molar-refractivity contribution in [3.05, 3.63) is 74.0 Å². The van der Waals surface area contributed by atoms with Crippen LogP contribution in [-0.4, -0.2) is 49.1 Å². The zero-order valence-electron chi connectivity index (χ0n) is 21.2. The molecule has 0 unspecified atom stereocenters.